The molecule has 3 heterocycles. The van der Waals surface area contributed by atoms with Crippen LogP contribution in [0, 0.1) is 0 Å². The summed E-state index contributed by atoms with van der Waals surface area (Å²) >= 11 is 8.56. The van der Waals surface area contributed by atoms with Crippen molar-refractivity contribution in [2.75, 3.05) is 20.4 Å². The molecule has 0 bridgehead atoms. The van der Waals surface area contributed by atoms with E-state index in [1.165, 1.54) is 4.90 Å². The fourth-order valence-electron chi connectivity index (χ4n) is 3.30. The van der Waals surface area contributed by atoms with Gasteiger partial charge in [0, 0.05) is 65.9 Å². The number of benzene rings is 1. The van der Waals surface area contributed by atoms with E-state index >= 15 is 0 Å². The first-order valence-electron chi connectivity index (χ1n) is 8.97. The lowest BCUT2D eigenvalue weighted by atomic mass is 10.0. The molecule has 29 heavy (non-hydrogen) atoms. The lowest BCUT2D eigenvalue weighted by Gasteiger charge is -2.12. The second-order valence-corrected chi connectivity index (χ2v) is 8.00. The van der Waals surface area contributed by atoms with Crippen molar-refractivity contribution in [3.05, 3.63) is 65.7 Å². The number of nitrogens with one attached hydrogen (secondary N) is 1. The summed E-state index contributed by atoms with van der Waals surface area (Å²) < 4.78 is 0. The maximum absolute atomic E-state index is 12.3. The zero-order valence-electron chi connectivity index (χ0n) is 16.2. The molecule has 1 N–H and O–H groups in total. The predicted molar refractivity (Wildman–Crippen MR) is 120 cm³/mol. The van der Waals surface area contributed by atoms with Crippen molar-refractivity contribution in [3.8, 4) is 22.3 Å². The zero-order valence-corrected chi connectivity index (χ0v) is 17.8. The van der Waals surface area contributed by atoms with E-state index < -0.39 is 0 Å². The fourth-order valence-corrected chi connectivity index (χ4v) is 4.26. The Kier molecular flexibility index (Phi) is 5.30. The minimum Gasteiger partial charge on any atom is -0.345 e. The first-order valence-corrected chi connectivity index (χ1v) is 10.6. The highest BCUT2D eigenvalue weighted by molar-refractivity contribution is 7.98. The highest BCUT2D eigenvalue weighted by Crippen LogP contribution is 2.41. The van der Waals surface area contributed by atoms with Gasteiger partial charge in [0.05, 0.1) is 10.6 Å². The van der Waals surface area contributed by atoms with Crippen molar-refractivity contribution in [1.29, 1.82) is 0 Å². The monoisotopic (exact) mass is 422 g/mol. The average Bonchev–Trinajstić information content (AvgIpc) is 3.18. The number of pyridine rings is 2. The van der Waals surface area contributed by atoms with Crippen LogP contribution in [0.25, 0.3) is 33.3 Å². The molecule has 4 aromatic rings. The molecule has 0 saturated heterocycles. The van der Waals surface area contributed by atoms with Gasteiger partial charge in [-0.1, -0.05) is 29.8 Å². The molecule has 5 nitrogen and oxygen atoms in total. The number of amides is 1. The van der Waals surface area contributed by atoms with Crippen molar-refractivity contribution < 1.29 is 4.79 Å². The van der Waals surface area contributed by atoms with E-state index in [0.29, 0.717) is 10.6 Å². The van der Waals surface area contributed by atoms with Crippen molar-refractivity contribution >= 4 is 40.3 Å². The Labute approximate surface area is 178 Å². The van der Waals surface area contributed by atoms with Crippen LogP contribution in [0.1, 0.15) is 10.4 Å². The van der Waals surface area contributed by atoms with Gasteiger partial charge in [-0.25, -0.2) is 4.98 Å². The van der Waals surface area contributed by atoms with Gasteiger partial charge < -0.3 is 9.88 Å². The number of carbonyl (C=O) groups is 1. The molecule has 1 aromatic carbocycles. The van der Waals surface area contributed by atoms with E-state index in [1.54, 1.807) is 50.5 Å². The molecule has 0 radical (unpaired) electrons. The molecule has 1 amide bonds. The SMILES string of the molecule is CSc1ccccc1-c1c[nH]c2ncc(-c3cncc(C(=O)N(C)C)c3)c(Cl)c12. The number of hydrogen-bond donors (Lipinski definition) is 1. The zero-order chi connectivity index (χ0) is 20.5. The minimum absolute atomic E-state index is 0.110. The molecular formula is C22H19ClN4OS. The fraction of sp³-hybridized carbons (Fsp3) is 0.136. The van der Waals surface area contributed by atoms with Crippen LogP contribution >= 0.6 is 23.4 Å². The van der Waals surface area contributed by atoms with Crippen LogP contribution in [0.3, 0.4) is 0 Å². The molecule has 0 unspecified atom stereocenters. The Bertz CT molecular complexity index is 1220. The Morgan fingerprint density at radius 1 is 1.10 bits per heavy atom. The Morgan fingerprint density at radius 2 is 1.90 bits per heavy atom. The molecule has 0 saturated carbocycles. The molecule has 0 atom stereocenters. The largest absolute Gasteiger partial charge is 0.345 e. The van der Waals surface area contributed by atoms with Crippen LogP contribution in [0.5, 0.6) is 0 Å². The van der Waals surface area contributed by atoms with E-state index in [4.69, 9.17) is 11.6 Å². The molecule has 0 fully saturated rings. The molecule has 0 aliphatic heterocycles. The van der Waals surface area contributed by atoms with Crippen LogP contribution in [-0.2, 0) is 0 Å². The summed E-state index contributed by atoms with van der Waals surface area (Å²) in [5, 5.41) is 1.44. The molecule has 4 rings (SSSR count). The van der Waals surface area contributed by atoms with Gasteiger partial charge in [-0.15, -0.1) is 11.8 Å². The third-order valence-corrected chi connectivity index (χ3v) is 5.93. The summed E-state index contributed by atoms with van der Waals surface area (Å²) in [6.07, 6.45) is 8.96. The topological polar surface area (TPSA) is 61.9 Å². The van der Waals surface area contributed by atoms with Gasteiger partial charge in [0.2, 0.25) is 0 Å². The number of halogens is 1. The predicted octanol–water partition coefficient (Wildman–Crippen LogP) is 5.37. The molecule has 0 spiro atoms. The highest BCUT2D eigenvalue weighted by Gasteiger charge is 2.18. The number of hydrogen-bond acceptors (Lipinski definition) is 4. The summed E-state index contributed by atoms with van der Waals surface area (Å²) in [5.74, 6) is -0.110. The number of fused-ring (bicyclic) bond motifs is 1. The Hall–Kier alpha value is -2.83. The summed E-state index contributed by atoms with van der Waals surface area (Å²) in [7, 11) is 3.43. The first-order chi connectivity index (χ1) is 14.0. The van der Waals surface area contributed by atoms with Gasteiger partial charge in [-0.2, -0.15) is 0 Å². The average molecular weight is 423 g/mol. The number of rotatable bonds is 4. The first kappa shape index (κ1) is 19.5. The quantitative estimate of drug-likeness (QED) is 0.449. The molecule has 146 valence electrons. The summed E-state index contributed by atoms with van der Waals surface area (Å²) in [6.45, 7) is 0. The summed E-state index contributed by atoms with van der Waals surface area (Å²) in [5.41, 5.74) is 4.81. The molecule has 7 heteroatoms. The van der Waals surface area contributed by atoms with Gasteiger partial charge in [0.25, 0.3) is 5.91 Å². The van der Waals surface area contributed by atoms with E-state index in [0.717, 1.165) is 38.2 Å². The third-order valence-electron chi connectivity index (χ3n) is 4.74. The molecular weight excluding hydrogens is 404 g/mol. The Balaban J connectivity index is 1.90. The van der Waals surface area contributed by atoms with E-state index in [2.05, 4.69) is 33.3 Å². The van der Waals surface area contributed by atoms with Gasteiger partial charge in [0.15, 0.2) is 0 Å². The lowest BCUT2D eigenvalue weighted by Crippen LogP contribution is -2.21. The number of aromatic nitrogens is 3. The van der Waals surface area contributed by atoms with Crippen LogP contribution in [0.2, 0.25) is 5.02 Å². The van der Waals surface area contributed by atoms with E-state index in [9.17, 15) is 4.79 Å². The maximum Gasteiger partial charge on any atom is 0.254 e. The van der Waals surface area contributed by atoms with Gasteiger partial charge in [0.1, 0.15) is 5.65 Å². The smallest absolute Gasteiger partial charge is 0.254 e. The number of H-pyrrole nitrogens is 1. The minimum atomic E-state index is -0.110. The van der Waals surface area contributed by atoms with Crippen LogP contribution in [-0.4, -0.2) is 46.1 Å². The van der Waals surface area contributed by atoms with Crippen LogP contribution < -0.4 is 0 Å². The second kappa shape index (κ2) is 7.89. The number of thioether (sulfide) groups is 1. The molecule has 0 aliphatic carbocycles. The van der Waals surface area contributed by atoms with Gasteiger partial charge in [-0.3, -0.25) is 9.78 Å². The Morgan fingerprint density at radius 3 is 2.66 bits per heavy atom. The van der Waals surface area contributed by atoms with Crippen molar-refractivity contribution in [2.24, 2.45) is 0 Å². The molecule has 0 aliphatic rings. The standard InChI is InChI=1S/C22H19ClN4OS/c1-27(2)22(28)14-8-13(9-24-10-14)16-11-25-21-19(20(16)23)17(12-26-21)15-6-4-5-7-18(15)29-3/h4-12H,1-3H3,(H,25,26). The molecule has 3 aromatic heterocycles. The third kappa shape index (κ3) is 3.50. The number of aromatic amines is 1. The summed E-state index contributed by atoms with van der Waals surface area (Å²) in [6, 6.07) is 10.00. The van der Waals surface area contributed by atoms with Crippen molar-refractivity contribution in [2.45, 2.75) is 4.90 Å². The highest BCUT2D eigenvalue weighted by atomic mass is 35.5. The van der Waals surface area contributed by atoms with Crippen LogP contribution in [0.4, 0.5) is 0 Å². The van der Waals surface area contributed by atoms with Crippen molar-refractivity contribution in [1.82, 2.24) is 19.9 Å². The van der Waals surface area contributed by atoms with Crippen molar-refractivity contribution in [3.63, 3.8) is 0 Å². The summed E-state index contributed by atoms with van der Waals surface area (Å²) in [4.78, 5) is 27.0. The number of nitrogens with zero attached hydrogens (tertiary/aromatic N) is 3. The van der Waals surface area contributed by atoms with Gasteiger partial charge >= 0.3 is 0 Å². The maximum atomic E-state index is 12.3. The van der Waals surface area contributed by atoms with Gasteiger partial charge in [-0.05, 0) is 24.0 Å². The number of carbonyl (C=O) groups excluding carboxylic acids is 1. The lowest BCUT2D eigenvalue weighted by molar-refractivity contribution is 0.0827. The second-order valence-electron chi connectivity index (χ2n) is 6.77. The van der Waals surface area contributed by atoms with Crippen LogP contribution in [0.15, 0.2) is 60.0 Å². The van der Waals surface area contributed by atoms with E-state index in [1.807, 2.05) is 18.3 Å². The normalized spacial score (nSPS) is 11.0. The van der Waals surface area contributed by atoms with E-state index in [-0.39, 0.29) is 5.91 Å².